The Labute approximate surface area is 183 Å². The van der Waals surface area contributed by atoms with Crippen molar-refractivity contribution in [1.29, 1.82) is 0 Å². The van der Waals surface area contributed by atoms with Crippen molar-refractivity contribution in [3.8, 4) is 11.5 Å². The third-order valence-electron chi connectivity index (χ3n) is 6.87. The van der Waals surface area contributed by atoms with Gasteiger partial charge in [0.05, 0.1) is 25.4 Å². The highest BCUT2D eigenvalue weighted by molar-refractivity contribution is 5.87. The van der Waals surface area contributed by atoms with E-state index in [4.69, 9.17) is 19.3 Å². The summed E-state index contributed by atoms with van der Waals surface area (Å²) in [5, 5.41) is 9.02. The van der Waals surface area contributed by atoms with E-state index >= 15 is 0 Å². The van der Waals surface area contributed by atoms with E-state index in [0.717, 1.165) is 17.7 Å². The van der Waals surface area contributed by atoms with Crippen LogP contribution in [0, 0.1) is 23.7 Å². The molecule has 1 aliphatic heterocycles. The van der Waals surface area contributed by atoms with Crippen LogP contribution in [0.2, 0.25) is 0 Å². The summed E-state index contributed by atoms with van der Waals surface area (Å²) >= 11 is 0. The minimum atomic E-state index is -0.937. The molecule has 5 atom stereocenters. The summed E-state index contributed by atoms with van der Waals surface area (Å²) < 4.78 is 17.9. The molecule has 2 aromatic carbocycles. The fourth-order valence-corrected chi connectivity index (χ4v) is 5.13. The maximum Gasteiger partial charge on any atom is 0.335 e. The van der Waals surface area contributed by atoms with E-state index in [2.05, 4.69) is 32.9 Å². The first-order valence-corrected chi connectivity index (χ1v) is 10.8. The third kappa shape index (κ3) is 4.19. The summed E-state index contributed by atoms with van der Waals surface area (Å²) in [5.41, 5.74) is 3.66. The average molecular weight is 423 g/mol. The number of allylic oxidation sites excluding steroid dienone is 1. The predicted octanol–water partition coefficient (Wildman–Crippen LogP) is 5.51. The predicted molar refractivity (Wildman–Crippen MR) is 118 cm³/mol. The Morgan fingerprint density at radius 1 is 1.13 bits per heavy atom. The van der Waals surface area contributed by atoms with Crippen LogP contribution in [0.3, 0.4) is 0 Å². The standard InChI is InChI=1S/C26H30O5/c1-15-11-16(2)24-17(3)21(15)14-31-25(24)20-9-10-22(23(12-20)29-4)30-13-18-5-7-19(8-6-18)26(27)28/h5-12,15,17,21,24-25H,13-14H2,1-4H3,(H,27,28)/t15-,17-,21+,24+,25+/m1/s1. The Bertz CT molecular complexity index is 978. The lowest BCUT2D eigenvalue weighted by molar-refractivity contribution is -0.0935. The lowest BCUT2D eigenvalue weighted by Gasteiger charge is -2.47. The number of benzene rings is 2. The number of carboxylic acid groups (broad SMARTS) is 1. The van der Waals surface area contributed by atoms with Gasteiger partial charge in [-0.15, -0.1) is 0 Å². The molecule has 5 nitrogen and oxygen atoms in total. The van der Waals surface area contributed by atoms with Gasteiger partial charge in [0.1, 0.15) is 6.61 Å². The number of carbonyl (C=O) groups is 1. The van der Waals surface area contributed by atoms with Gasteiger partial charge in [-0.25, -0.2) is 4.79 Å². The van der Waals surface area contributed by atoms with Crippen molar-refractivity contribution in [3.63, 3.8) is 0 Å². The van der Waals surface area contributed by atoms with Crippen molar-refractivity contribution < 1.29 is 24.1 Å². The van der Waals surface area contributed by atoms with Crippen LogP contribution in [0.25, 0.3) is 0 Å². The molecule has 1 N–H and O–H groups in total. The topological polar surface area (TPSA) is 65.0 Å². The molecule has 31 heavy (non-hydrogen) atoms. The van der Waals surface area contributed by atoms with Crippen LogP contribution in [0.1, 0.15) is 48.4 Å². The molecule has 2 aromatic rings. The fourth-order valence-electron chi connectivity index (χ4n) is 5.13. The fraction of sp³-hybridized carbons (Fsp3) is 0.423. The molecule has 1 fully saturated rings. The zero-order chi connectivity index (χ0) is 22.1. The average Bonchev–Trinajstić information content (AvgIpc) is 2.76. The molecule has 0 unspecified atom stereocenters. The molecule has 0 radical (unpaired) electrons. The van der Waals surface area contributed by atoms with Crippen molar-refractivity contribution >= 4 is 5.97 Å². The normalized spacial score (nSPS) is 27.4. The van der Waals surface area contributed by atoms with Gasteiger partial charge in [0.25, 0.3) is 0 Å². The first-order valence-electron chi connectivity index (χ1n) is 10.8. The second-order valence-electron chi connectivity index (χ2n) is 8.77. The van der Waals surface area contributed by atoms with E-state index in [9.17, 15) is 4.79 Å². The van der Waals surface area contributed by atoms with Gasteiger partial charge in [-0.3, -0.25) is 0 Å². The van der Waals surface area contributed by atoms with Crippen molar-refractivity contribution in [2.75, 3.05) is 13.7 Å². The van der Waals surface area contributed by atoms with Gasteiger partial charge in [-0.05, 0) is 60.1 Å². The Balaban J connectivity index is 1.52. The van der Waals surface area contributed by atoms with E-state index < -0.39 is 5.97 Å². The Kier molecular flexibility index (Phi) is 6.05. The first-order chi connectivity index (χ1) is 14.9. The molecule has 4 rings (SSSR count). The minimum absolute atomic E-state index is 0.0153. The van der Waals surface area contributed by atoms with Crippen LogP contribution >= 0.6 is 0 Å². The third-order valence-corrected chi connectivity index (χ3v) is 6.87. The molecule has 1 saturated heterocycles. The number of carboxylic acids is 1. The van der Waals surface area contributed by atoms with Crippen molar-refractivity contribution in [3.05, 3.63) is 70.8 Å². The number of methoxy groups -OCH3 is 1. The summed E-state index contributed by atoms with van der Waals surface area (Å²) in [6.45, 7) is 7.97. The molecule has 0 amide bonds. The highest BCUT2D eigenvalue weighted by atomic mass is 16.5. The second-order valence-corrected chi connectivity index (χ2v) is 8.77. The Morgan fingerprint density at radius 2 is 1.87 bits per heavy atom. The van der Waals surface area contributed by atoms with Crippen LogP contribution in [0.5, 0.6) is 11.5 Å². The van der Waals surface area contributed by atoms with Crippen molar-refractivity contribution in [2.24, 2.45) is 23.7 Å². The van der Waals surface area contributed by atoms with Crippen molar-refractivity contribution in [1.82, 2.24) is 0 Å². The number of rotatable bonds is 6. The summed E-state index contributed by atoms with van der Waals surface area (Å²) in [5.74, 6) is 2.47. The lowest BCUT2D eigenvalue weighted by Crippen LogP contribution is -2.42. The van der Waals surface area contributed by atoms with Crippen LogP contribution in [-0.4, -0.2) is 24.8 Å². The maximum atomic E-state index is 11.0. The zero-order valence-electron chi connectivity index (χ0n) is 18.5. The lowest BCUT2D eigenvalue weighted by atomic mass is 9.64. The van der Waals surface area contributed by atoms with Gasteiger partial charge in [0.2, 0.25) is 0 Å². The molecule has 1 aliphatic carbocycles. The van der Waals surface area contributed by atoms with E-state index in [1.165, 1.54) is 5.57 Å². The molecule has 2 bridgehead atoms. The molecule has 0 saturated carbocycles. The van der Waals surface area contributed by atoms with Crippen LogP contribution in [0.4, 0.5) is 0 Å². The molecular formula is C26H30O5. The van der Waals surface area contributed by atoms with Gasteiger partial charge in [-0.2, -0.15) is 0 Å². The van der Waals surface area contributed by atoms with Crippen LogP contribution < -0.4 is 9.47 Å². The molecule has 5 heteroatoms. The van der Waals surface area contributed by atoms with Gasteiger partial charge in [-0.1, -0.05) is 43.7 Å². The molecule has 164 valence electrons. The number of aromatic carboxylic acids is 1. The summed E-state index contributed by atoms with van der Waals surface area (Å²) in [7, 11) is 1.64. The smallest absolute Gasteiger partial charge is 0.335 e. The molecule has 1 heterocycles. The molecule has 2 aliphatic rings. The minimum Gasteiger partial charge on any atom is -0.493 e. The summed E-state index contributed by atoms with van der Waals surface area (Å²) in [6.07, 6.45) is 2.43. The van der Waals surface area contributed by atoms with Crippen LogP contribution in [-0.2, 0) is 11.3 Å². The highest BCUT2D eigenvalue weighted by Crippen LogP contribution is 2.50. The van der Waals surface area contributed by atoms with Gasteiger partial charge in [0, 0.05) is 5.92 Å². The number of hydrogen-bond donors (Lipinski definition) is 1. The number of ether oxygens (including phenoxy) is 3. The largest absolute Gasteiger partial charge is 0.493 e. The maximum absolute atomic E-state index is 11.0. The Hall–Kier alpha value is -2.79. The highest BCUT2D eigenvalue weighted by Gasteiger charge is 2.43. The van der Waals surface area contributed by atoms with E-state index in [-0.39, 0.29) is 11.7 Å². The van der Waals surface area contributed by atoms with Crippen molar-refractivity contribution in [2.45, 2.75) is 33.5 Å². The second kappa shape index (κ2) is 8.75. The summed E-state index contributed by atoms with van der Waals surface area (Å²) in [4.78, 5) is 11.0. The Morgan fingerprint density at radius 3 is 2.55 bits per heavy atom. The summed E-state index contributed by atoms with van der Waals surface area (Å²) in [6, 6.07) is 12.7. The molecule has 0 aromatic heterocycles. The van der Waals surface area contributed by atoms with E-state index in [1.807, 2.05) is 12.1 Å². The molecule has 0 spiro atoms. The van der Waals surface area contributed by atoms with Gasteiger partial charge < -0.3 is 19.3 Å². The monoisotopic (exact) mass is 422 g/mol. The van der Waals surface area contributed by atoms with Gasteiger partial charge >= 0.3 is 5.97 Å². The SMILES string of the molecule is COc1cc([C@@H]2OC[C@@H]3[C@@H](C)[C@@H]2C(C)=C[C@H]3C)ccc1OCc1ccc(C(=O)O)cc1. The van der Waals surface area contributed by atoms with E-state index in [0.29, 0.717) is 41.8 Å². The van der Waals surface area contributed by atoms with E-state index in [1.54, 1.807) is 31.4 Å². The quantitative estimate of drug-likeness (QED) is 0.622. The number of hydrogen-bond acceptors (Lipinski definition) is 4. The zero-order valence-corrected chi connectivity index (χ0v) is 18.5. The molecular weight excluding hydrogens is 392 g/mol. The van der Waals surface area contributed by atoms with Gasteiger partial charge in [0.15, 0.2) is 11.5 Å². The number of fused-ring (bicyclic) bond motifs is 2. The first kappa shape index (κ1) is 21.4. The van der Waals surface area contributed by atoms with Crippen LogP contribution in [0.15, 0.2) is 54.1 Å².